The molecule has 1 aliphatic rings. The molecule has 0 saturated heterocycles. The van der Waals surface area contributed by atoms with Crippen LogP contribution >= 0.6 is 0 Å². The molecule has 82 valence electrons. The quantitative estimate of drug-likeness (QED) is 0.717. The van der Waals surface area contributed by atoms with E-state index in [-0.39, 0.29) is 17.4 Å². The highest BCUT2D eigenvalue weighted by molar-refractivity contribution is 5.81. The zero-order valence-electron chi connectivity index (χ0n) is 9.34. The lowest BCUT2D eigenvalue weighted by Gasteiger charge is -2.18. The third-order valence-electron chi connectivity index (χ3n) is 2.57. The lowest BCUT2D eigenvalue weighted by atomic mass is 9.95. The fourth-order valence-corrected chi connectivity index (χ4v) is 1.32. The number of nitrogens with one attached hydrogen (secondary N) is 1. The summed E-state index contributed by atoms with van der Waals surface area (Å²) in [5, 5.41) is 12.4. The molecule has 3 nitrogen and oxygen atoms in total. The van der Waals surface area contributed by atoms with Gasteiger partial charge < -0.3 is 10.4 Å². The van der Waals surface area contributed by atoms with E-state index in [1.54, 1.807) is 0 Å². The fraction of sp³-hybridized carbons (Fsp3) is 0.909. The Morgan fingerprint density at radius 2 is 2.07 bits per heavy atom. The van der Waals surface area contributed by atoms with Crippen LogP contribution in [0.4, 0.5) is 0 Å². The van der Waals surface area contributed by atoms with Gasteiger partial charge in [0.05, 0.1) is 6.10 Å². The minimum absolute atomic E-state index is 0.0560. The Balaban J connectivity index is 2.11. The van der Waals surface area contributed by atoms with Crippen LogP contribution in [0.1, 0.15) is 40.0 Å². The van der Waals surface area contributed by atoms with E-state index in [1.165, 1.54) is 0 Å². The SMILES string of the molecule is CC(C)(C)C(=O)NCC[C@@H](O)C1CC1. The Morgan fingerprint density at radius 3 is 2.50 bits per heavy atom. The number of amides is 1. The molecule has 0 bridgehead atoms. The molecule has 2 N–H and O–H groups in total. The molecule has 1 rings (SSSR count). The van der Waals surface area contributed by atoms with Gasteiger partial charge in [0.15, 0.2) is 0 Å². The summed E-state index contributed by atoms with van der Waals surface area (Å²) in [4.78, 5) is 11.4. The van der Waals surface area contributed by atoms with Crippen LogP contribution in [0.2, 0.25) is 0 Å². The van der Waals surface area contributed by atoms with Gasteiger partial charge in [-0.3, -0.25) is 4.79 Å². The van der Waals surface area contributed by atoms with E-state index in [2.05, 4.69) is 5.32 Å². The lowest BCUT2D eigenvalue weighted by molar-refractivity contribution is -0.128. The van der Waals surface area contributed by atoms with E-state index in [0.717, 1.165) is 12.8 Å². The van der Waals surface area contributed by atoms with Crippen LogP contribution in [0.15, 0.2) is 0 Å². The summed E-state index contributed by atoms with van der Waals surface area (Å²) in [7, 11) is 0. The van der Waals surface area contributed by atoms with Gasteiger partial charge in [-0.25, -0.2) is 0 Å². The van der Waals surface area contributed by atoms with E-state index in [9.17, 15) is 9.90 Å². The third-order valence-corrected chi connectivity index (χ3v) is 2.57. The van der Waals surface area contributed by atoms with Gasteiger partial charge >= 0.3 is 0 Å². The van der Waals surface area contributed by atoms with Gasteiger partial charge in [0.25, 0.3) is 0 Å². The zero-order chi connectivity index (χ0) is 10.8. The van der Waals surface area contributed by atoms with Crippen molar-refractivity contribution in [3.05, 3.63) is 0 Å². The highest BCUT2D eigenvalue weighted by atomic mass is 16.3. The van der Waals surface area contributed by atoms with Gasteiger partial charge in [-0.15, -0.1) is 0 Å². The molecule has 0 aromatic carbocycles. The maximum Gasteiger partial charge on any atom is 0.225 e. The second-order valence-corrected chi connectivity index (χ2v) is 5.20. The molecule has 1 fully saturated rings. The summed E-state index contributed by atoms with van der Waals surface area (Å²) in [6, 6.07) is 0. The summed E-state index contributed by atoms with van der Waals surface area (Å²) < 4.78 is 0. The number of aliphatic hydroxyl groups is 1. The van der Waals surface area contributed by atoms with E-state index >= 15 is 0 Å². The monoisotopic (exact) mass is 199 g/mol. The van der Waals surface area contributed by atoms with Crippen molar-refractivity contribution in [2.45, 2.75) is 46.1 Å². The van der Waals surface area contributed by atoms with Gasteiger partial charge in [-0.05, 0) is 25.2 Å². The molecular weight excluding hydrogens is 178 g/mol. The highest BCUT2D eigenvalue weighted by Gasteiger charge is 2.29. The molecule has 1 atom stereocenters. The standard InChI is InChI=1S/C11H21NO2/c1-11(2,3)10(14)12-7-6-9(13)8-4-5-8/h8-9,13H,4-7H2,1-3H3,(H,12,14)/t9-/m1/s1. The molecule has 0 spiro atoms. The van der Waals surface area contributed by atoms with Crippen molar-refractivity contribution in [2.24, 2.45) is 11.3 Å². The van der Waals surface area contributed by atoms with Crippen molar-refractivity contribution in [3.8, 4) is 0 Å². The number of hydrogen-bond donors (Lipinski definition) is 2. The zero-order valence-corrected chi connectivity index (χ0v) is 9.34. The van der Waals surface area contributed by atoms with Crippen molar-refractivity contribution < 1.29 is 9.90 Å². The first-order valence-electron chi connectivity index (χ1n) is 5.37. The smallest absolute Gasteiger partial charge is 0.225 e. The molecular formula is C11H21NO2. The van der Waals surface area contributed by atoms with Crippen LogP contribution < -0.4 is 5.32 Å². The third kappa shape index (κ3) is 3.66. The summed E-state index contributed by atoms with van der Waals surface area (Å²) in [6.45, 7) is 6.26. The molecule has 0 radical (unpaired) electrons. The topological polar surface area (TPSA) is 49.3 Å². The summed E-state index contributed by atoms with van der Waals surface area (Å²) >= 11 is 0. The Kier molecular flexibility index (Phi) is 3.53. The van der Waals surface area contributed by atoms with E-state index in [0.29, 0.717) is 18.9 Å². The van der Waals surface area contributed by atoms with Crippen molar-refractivity contribution in [2.75, 3.05) is 6.54 Å². The molecule has 0 aliphatic heterocycles. The second-order valence-electron chi connectivity index (χ2n) is 5.20. The first kappa shape index (κ1) is 11.5. The largest absolute Gasteiger partial charge is 0.393 e. The normalized spacial score (nSPS) is 19.1. The predicted octanol–water partition coefficient (Wildman–Crippen LogP) is 1.31. The van der Waals surface area contributed by atoms with Crippen LogP contribution in [0.25, 0.3) is 0 Å². The van der Waals surface area contributed by atoms with Crippen LogP contribution in [0.5, 0.6) is 0 Å². The minimum Gasteiger partial charge on any atom is -0.393 e. The van der Waals surface area contributed by atoms with Crippen molar-refractivity contribution in [1.82, 2.24) is 5.32 Å². The molecule has 0 aromatic heterocycles. The highest BCUT2D eigenvalue weighted by Crippen LogP contribution is 2.33. The van der Waals surface area contributed by atoms with Crippen molar-refractivity contribution in [3.63, 3.8) is 0 Å². The van der Waals surface area contributed by atoms with Crippen molar-refractivity contribution in [1.29, 1.82) is 0 Å². The maximum atomic E-state index is 11.4. The van der Waals surface area contributed by atoms with Gasteiger partial charge in [-0.2, -0.15) is 0 Å². The Morgan fingerprint density at radius 1 is 1.50 bits per heavy atom. The van der Waals surface area contributed by atoms with Crippen LogP contribution in [-0.2, 0) is 4.79 Å². The molecule has 1 aliphatic carbocycles. The summed E-state index contributed by atoms with van der Waals surface area (Å²) in [6.07, 6.45) is 2.77. The van der Waals surface area contributed by atoms with Crippen LogP contribution in [0, 0.1) is 11.3 Å². The Hall–Kier alpha value is -0.570. The number of carbonyl (C=O) groups excluding carboxylic acids is 1. The average molecular weight is 199 g/mol. The molecule has 0 heterocycles. The molecule has 3 heteroatoms. The molecule has 1 saturated carbocycles. The van der Waals surface area contributed by atoms with E-state index in [1.807, 2.05) is 20.8 Å². The van der Waals surface area contributed by atoms with Crippen molar-refractivity contribution >= 4 is 5.91 Å². The van der Waals surface area contributed by atoms with Crippen LogP contribution in [-0.4, -0.2) is 23.7 Å². The van der Waals surface area contributed by atoms with Gasteiger partial charge in [0, 0.05) is 12.0 Å². The average Bonchev–Trinajstić information content (AvgIpc) is 2.84. The number of hydrogen-bond acceptors (Lipinski definition) is 2. The van der Waals surface area contributed by atoms with E-state index < -0.39 is 0 Å². The molecule has 0 aromatic rings. The Labute approximate surface area is 85.9 Å². The number of carbonyl (C=O) groups is 1. The predicted molar refractivity (Wildman–Crippen MR) is 55.8 cm³/mol. The molecule has 0 unspecified atom stereocenters. The van der Waals surface area contributed by atoms with E-state index in [4.69, 9.17) is 0 Å². The first-order valence-corrected chi connectivity index (χ1v) is 5.37. The van der Waals surface area contributed by atoms with Crippen LogP contribution in [0.3, 0.4) is 0 Å². The second kappa shape index (κ2) is 4.30. The van der Waals surface area contributed by atoms with Gasteiger partial charge in [-0.1, -0.05) is 20.8 Å². The molecule has 14 heavy (non-hydrogen) atoms. The van der Waals surface area contributed by atoms with Gasteiger partial charge in [0.1, 0.15) is 0 Å². The summed E-state index contributed by atoms with van der Waals surface area (Å²) in [5.74, 6) is 0.557. The summed E-state index contributed by atoms with van der Waals surface area (Å²) in [5.41, 5.74) is -0.329. The number of aliphatic hydroxyl groups excluding tert-OH is 1. The maximum absolute atomic E-state index is 11.4. The fourth-order valence-electron chi connectivity index (χ4n) is 1.32. The van der Waals surface area contributed by atoms with Gasteiger partial charge in [0.2, 0.25) is 5.91 Å². The number of rotatable bonds is 4. The Bertz CT molecular complexity index is 204. The first-order chi connectivity index (χ1) is 6.41. The lowest BCUT2D eigenvalue weighted by Crippen LogP contribution is -2.36. The molecule has 1 amide bonds. The minimum atomic E-state index is -0.329.